The van der Waals surface area contributed by atoms with Crippen LogP contribution in [0.25, 0.3) is 0 Å². The molecule has 0 fully saturated rings. The number of anilines is 1. The monoisotopic (exact) mass is 271 g/mol. The van der Waals surface area contributed by atoms with E-state index in [4.69, 9.17) is 0 Å². The van der Waals surface area contributed by atoms with E-state index in [1.165, 1.54) is 29.2 Å². The third-order valence-corrected chi connectivity index (χ3v) is 3.21. The molecule has 1 heterocycles. The minimum absolute atomic E-state index is 0.0915. The molecule has 0 saturated carbocycles. The number of rotatable bonds is 2. The Bertz CT molecular complexity index is 710. The molecule has 100 valence electrons. The average molecular weight is 271 g/mol. The Hall–Kier alpha value is -2.69. The number of fused-ring (bicyclic) bond motifs is 1. The topological polar surface area (TPSA) is 57.6 Å². The number of Topliss-reactive ketones (excluding diaryl/α,β-unsaturated/α-hetero) is 1. The Labute approximate surface area is 114 Å². The van der Waals surface area contributed by atoms with Gasteiger partial charge in [0.25, 0.3) is 11.7 Å². The van der Waals surface area contributed by atoms with Crippen molar-refractivity contribution in [1.82, 2.24) is 0 Å². The smallest absolute Gasteiger partial charge is 0.299 e. The van der Waals surface area contributed by atoms with Gasteiger partial charge in [-0.3, -0.25) is 9.59 Å². The molecule has 5 heteroatoms. The van der Waals surface area contributed by atoms with Crippen LogP contribution in [-0.4, -0.2) is 16.8 Å². The van der Waals surface area contributed by atoms with Crippen LogP contribution in [0.2, 0.25) is 0 Å². The zero-order chi connectivity index (χ0) is 14.3. The molecule has 0 unspecified atom stereocenters. The molecule has 0 bridgehead atoms. The second-order valence-electron chi connectivity index (χ2n) is 4.55. The van der Waals surface area contributed by atoms with Crippen molar-refractivity contribution in [2.24, 2.45) is 0 Å². The van der Waals surface area contributed by atoms with Gasteiger partial charge in [-0.2, -0.15) is 0 Å². The number of hydrogen-bond acceptors (Lipinski definition) is 3. The van der Waals surface area contributed by atoms with E-state index < -0.39 is 17.5 Å². The van der Waals surface area contributed by atoms with Crippen LogP contribution in [0.5, 0.6) is 5.75 Å². The molecule has 2 aromatic carbocycles. The zero-order valence-electron chi connectivity index (χ0n) is 10.3. The van der Waals surface area contributed by atoms with Crippen molar-refractivity contribution < 1.29 is 19.1 Å². The third kappa shape index (κ3) is 1.93. The van der Waals surface area contributed by atoms with E-state index in [1.54, 1.807) is 12.1 Å². The standard InChI is InChI=1S/C15H10FNO3/c16-10-3-6-13-12(7-10)14(19)15(20)17(13)8-9-1-4-11(18)5-2-9/h1-7,18H,8H2. The maximum Gasteiger partial charge on any atom is 0.299 e. The summed E-state index contributed by atoms with van der Waals surface area (Å²) >= 11 is 0. The molecule has 0 saturated heterocycles. The Morgan fingerprint density at radius 1 is 1.05 bits per heavy atom. The van der Waals surface area contributed by atoms with Crippen LogP contribution in [-0.2, 0) is 11.3 Å². The van der Waals surface area contributed by atoms with Gasteiger partial charge in [-0.15, -0.1) is 0 Å². The molecule has 0 aliphatic carbocycles. The number of halogens is 1. The van der Waals surface area contributed by atoms with E-state index >= 15 is 0 Å². The van der Waals surface area contributed by atoms with Gasteiger partial charge in [-0.25, -0.2) is 4.39 Å². The maximum absolute atomic E-state index is 13.2. The lowest BCUT2D eigenvalue weighted by molar-refractivity contribution is -0.114. The largest absolute Gasteiger partial charge is 0.508 e. The fourth-order valence-corrected chi connectivity index (χ4v) is 2.21. The maximum atomic E-state index is 13.2. The molecule has 1 aliphatic heterocycles. The van der Waals surface area contributed by atoms with Gasteiger partial charge in [-0.1, -0.05) is 12.1 Å². The fraction of sp³-hybridized carbons (Fsp3) is 0.0667. The Kier molecular flexibility index (Phi) is 2.75. The van der Waals surface area contributed by atoms with Gasteiger partial charge in [-0.05, 0) is 35.9 Å². The highest BCUT2D eigenvalue weighted by atomic mass is 19.1. The molecule has 0 spiro atoms. The van der Waals surface area contributed by atoms with Crippen molar-refractivity contribution >= 4 is 17.4 Å². The second-order valence-corrected chi connectivity index (χ2v) is 4.55. The zero-order valence-corrected chi connectivity index (χ0v) is 10.3. The number of carbonyl (C=O) groups excluding carboxylic acids is 2. The van der Waals surface area contributed by atoms with Crippen LogP contribution in [0.1, 0.15) is 15.9 Å². The molecule has 0 radical (unpaired) electrons. The van der Waals surface area contributed by atoms with E-state index in [1.807, 2.05) is 0 Å². The van der Waals surface area contributed by atoms with Gasteiger partial charge >= 0.3 is 0 Å². The summed E-state index contributed by atoms with van der Waals surface area (Å²) in [5, 5.41) is 9.22. The van der Waals surface area contributed by atoms with Crippen molar-refractivity contribution in [2.75, 3.05) is 4.90 Å². The first-order valence-electron chi connectivity index (χ1n) is 6.00. The van der Waals surface area contributed by atoms with Gasteiger partial charge in [0.1, 0.15) is 11.6 Å². The highest BCUT2D eigenvalue weighted by Gasteiger charge is 2.35. The SMILES string of the molecule is O=C1C(=O)N(Cc2ccc(O)cc2)c2ccc(F)cc21. The number of ketones is 1. The first-order valence-corrected chi connectivity index (χ1v) is 6.00. The molecule has 3 rings (SSSR count). The number of hydrogen-bond donors (Lipinski definition) is 1. The summed E-state index contributed by atoms with van der Waals surface area (Å²) in [6, 6.07) is 10.0. The second kappa shape index (κ2) is 4.45. The first kappa shape index (κ1) is 12.3. The van der Waals surface area contributed by atoms with Crippen molar-refractivity contribution in [3.63, 3.8) is 0 Å². The Morgan fingerprint density at radius 2 is 1.75 bits per heavy atom. The molecule has 1 amide bonds. The molecule has 0 aromatic heterocycles. The van der Waals surface area contributed by atoms with Gasteiger partial charge in [0.05, 0.1) is 17.8 Å². The number of benzene rings is 2. The predicted molar refractivity (Wildman–Crippen MR) is 70.0 cm³/mol. The summed E-state index contributed by atoms with van der Waals surface area (Å²) in [4.78, 5) is 25.1. The minimum Gasteiger partial charge on any atom is -0.508 e. The van der Waals surface area contributed by atoms with E-state index in [0.29, 0.717) is 5.69 Å². The summed E-state index contributed by atoms with van der Waals surface area (Å²) in [7, 11) is 0. The number of nitrogens with zero attached hydrogens (tertiary/aromatic N) is 1. The van der Waals surface area contributed by atoms with Crippen molar-refractivity contribution in [3.8, 4) is 5.75 Å². The highest BCUT2D eigenvalue weighted by Crippen LogP contribution is 2.30. The molecular weight excluding hydrogens is 261 g/mol. The van der Waals surface area contributed by atoms with E-state index in [2.05, 4.69) is 0 Å². The van der Waals surface area contributed by atoms with Crippen molar-refractivity contribution in [1.29, 1.82) is 0 Å². The molecule has 4 nitrogen and oxygen atoms in total. The van der Waals surface area contributed by atoms with Crippen LogP contribution < -0.4 is 4.90 Å². The predicted octanol–water partition coefficient (Wildman–Crippen LogP) is 2.26. The third-order valence-electron chi connectivity index (χ3n) is 3.21. The van der Waals surface area contributed by atoms with Gasteiger partial charge in [0.2, 0.25) is 0 Å². The molecular formula is C15H10FNO3. The molecule has 2 aromatic rings. The quantitative estimate of drug-likeness (QED) is 0.852. The van der Waals surface area contributed by atoms with Crippen LogP contribution in [0, 0.1) is 5.82 Å². The minimum atomic E-state index is -0.696. The lowest BCUT2D eigenvalue weighted by atomic mass is 10.1. The Morgan fingerprint density at radius 3 is 2.45 bits per heavy atom. The summed E-state index contributed by atoms with van der Waals surface area (Å²) < 4.78 is 13.2. The fourth-order valence-electron chi connectivity index (χ4n) is 2.21. The Balaban J connectivity index is 1.97. The molecule has 20 heavy (non-hydrogen) atoms. The number of phenols is 1. The van der Waals surface area contributed by atoms with Gasteiger partial charge < -0.3 is 10.0 Å². The molecule has 1 N–H and O–H groups in total. The van der Waals surface area contributed by atoms with E-state index in [-0.39, 0.29) is 17.9 Å². The van der Waals surface area contributed by atoms with Gasteiger partial charge in [0, 0.05) is 0 Å². The van der Waals surface area contributed by atoms with E-state index in [0.717, 1.165) is 11.6 Å². The highest BCUT2D eigenvalue weighted by molar-refractivity contribution is 6.52. The lowest BCUT2D eigenvalue weighted by Gasteiger charge is -2.16. The van der Waals surface area contributed by atoms with Gasteiger partial charge in [0.15, 0.2) is 0 Å². The summed E-state index contributed by atoms with van der Waals surface area (Å²) in [6.45, 7) is 0.198. The molecule has 0 atom stereocenters. The van der Waals surface area contributed by atoms with Crippen LogP contribution in [0.15, 0.2) is 42.5 Å². The van der Waals surface area contributed by atoms with Crippen molar-refractivity contribution in [2.45, 2.75) is 6.54 Å². The normalized spacial score (nSPS) is 13.8. The summed E-state index contributed by atoms with van der Waals surface area (Å²) in [5.74, 6) is -1.78. The summed E-state index contributed by atoms with van der Waals surface area (Å²) in [5.41, 5.74) is 1.27. The number of amides is 1. The number of aromatic hydroxyl groups is 1. The lowest BCUT2D eigenvalue weighted by Crippen LogP contribution is -2.29. The summed E-state index contributed by atoms with van der Waals surface area (Å²) in [6.07, 6.45) is 0. The van der Waals surface area contributed by atoms with Crippen LogP contribution in [0.3, 0.4) is 0 Å². The van der Waals surface area contributed by atoms with Crippen LogP contribution >= 0.6 is 0 Å². The first-order chi connectivity index (χ1) is 9.56. The number of carbonyl (C=O) groups is 2. The molecule has 1 aliphatic rings. The average Bonchev–Trinajstić information content (AvgIpc) is 2.66. The number of phenolic OH excluding ortho intramolecular Hbond substituents is 1. The van der Waals surface area contributed by atoms with Crippen molar-refractivity contribution in [3.05, 3.63) is 59.4 Å². The van der Waals surface area contributed by atoms with Crippen LogP contribution in [0.4, 0.5) is 10.1 Å². The van der Waals surface area contributed by atoms with E-state index in [9.17, 15) is 19.1 Å².